The molecule has 0 aromatic heterocycles. The standard InChI is InChI=1S/C16H23BrClNS/c1-12(14-7-6-13(17)10-15(14)18)19-11-16(20-2)8-4-3-5-9-16/h6-7,10,12,19H,3-5,8-9,11H2,1-2H3. The summed E-state index contributed by atoms with van der Waals surface area (Å²) >= 11 is 11.8. The van der Waals surface area contributed by atoms with Gasteiger partial charge in [-0.1, -0.05) is 52.9 Å². The van der Waals surface area contributed by atoms with Crippen molar-refractivity contribution in [2.45, 2.75) is 49.8 Å². The second kappa shape index (κ2) is 7.53. The molecule has 0 saturated heterocycles. The minimum absolute atomic E-state index is 0.293. The van der Waals surface area contributed by atoms with Crippen molar-refractivity contribution in [2.24, 2.45) is 0 Å². The van der Waals surface area contributed by atoms with Crippen LogP contribution in [0.4, 0.5) is 0 Å². The van der Waals surface area contributed by atoms with Gasteiger partial charge in [0.15, 0.2) is 0 Å². The number of halogens is 2. The maximum absolute atomic E-state index is 6.34. The fourth-order valence-electron chi connectivity index (χ4n) is 2.95. The van der Waals surface area contributed by atoms with Crippen LogP contribution in [0.25, 0.3) is 0 Å². The average Bonchev–Trinajstić information content (AvgIpc) is 2.46. The third-order valence-electron chi connectivity index (χ3n) is 4.36. The molecule has 1 N–H and O–H groups in total. The zero-order valence-electron chi connectivity index (χ0n) is 12.2. The molecule has 1 saturated carbocycles. The minimum atomic E-state index is 0.293. The number of nitrogens with one attached hydrogen (secondary N) is 1. The molecule has 0 amide bonds. The van der Waals surface area contributed by atoms with Crippen LogP contribution in [-0.4, -0.2) is 17.5 Å². The molecule has 1 fully saturated rings. The van der Waals surface area contributed by atoms with E-state index in [4.69, 9.17) is 11.6 Å². The molecular formula is C16H23BrClNS. The predicted molar refractivity (Wildman–Crippen MR) is 94.9 cm³/mol. The van der Waals surface area contributed by atoms with Crippen LogP contribution in [-0.2, 0) is 0 Å². The lowest BCUT2D eigenvalue weighted by molar-refractivity contribution is 0.367. The smallest absolute Gasteiger partial charge is 0.0464 e. The van der Waals surface area contributed by atoms with Gasteiger partial charge in [0.25, 0.3) is 0 Å². The van der Waals surface area contributed by atoms with Crippen molar-refractivity contribution in [2.75, 3.05) is 12.8 Å². The highest BCUT2D eigenvalue weighted by molar-refractivity contribution is 9.10. The predicted octanol–water partition coefficient (Wildman–Crippen LogP) is 5.82. The fraction of sp³-hybridized carbons (Fsp3) is 0.625. The maximum Gasteiger partial charge on any atom is 0.0464 e. The molecular weight excluding hydrogens is 354 g/mol. The summed E-state index contributed by atoms with van der Waals surface area (Å²) in [6, 6.07) is 6.43. The van der Waals surface area contributed by atoms with Crippen molar-refractivity contribution in [3.8, 4) is 0 Å². The molecule has 0 spiro atoms. The largest absolute Gasteiger partial charge is 0.309 e. The topological polar surface area (TPSA) is 12.0 Å². The van der Waals surface area contributed by atoms with Crippen molar-refractivity contribution < 1.29 is 0 Å². The molecule has 1 aliphatic rings. The summed E-state index contributed by atoms with van der Waals surface area (Å²) < 4.78 is 1.46. The molecule has 0 aliphatic heterocycles. The molecule has 1 atom stereocenters. The van der Waals surface area contributed by atoms with Crippen LogP contribution in [0, 0.1) is 0 Å². The second-order valence-corrected chi connectivity index (χ2v) is 8.31. The monoisotopic (exact) mass is 375 g/mol. The Morgan fingerprint density at radius 1 is 1.35 bits per heavy atom. The molecule has 4 heteroatoms. The maximum atomic E-state index is 6.34. The van der Waals surface area contributed by atoms with Crippen LogP contribution in [0.5, 0.6) is 0 Å². The lowest BCUT2D eigenvalue weighted by Gasteiger charge is -2.37. The minimum Gasteiger partial charge on any atom is -0.309 e. The van der Waals surface area contributed by atoms with E-state index in [0.29, 0.717) is 10.8 Å². The van der Waals surface area contributed by atoms with E-state index >= 15 is 0 Å². The Hall–Kier alpha value is 0.300. The van der Waals surface area contributed by atoms with Gasteiger partial charge < -0.3 is 5.32 Å². The van der Waals surface area contributed by atoms with E-state index in [0.717, 1.165) is 16.0 Å². The van der Waals surface area contributed by atoms with E-state index in [-0.39, 0.29) is 0 Å². The van der Waals surface area contributed by atoms with Gasteiger partial charge in [-0.3, -0.25) is 0 Å². The number of rotatable bonds is 5. The number of hydrogen-bond donors (Lipinski definition) is 1. The summed E-state index contributed by atoms with van der Waals surface area (Å²) in [4.78, 5) is 0. The molecule has 20 heavy (non-hydrogen) atoms. The molecule has 112 valence electrons. The lowest BCUT2D eigenvalue weighted by Crippen LogP contribution is -2.40. The van der Waals surface area contributed by atoms with Gasteiger partial charge in [0.05, 0.1) is 0 Å². The van der Waals surface area contributed by atoms with E-state index in [2.05, 4.69) is 46.6 Å². The van der Waals surface area contributed by atoms with Crippen LogP contribution < -0.4 is 5.32 Å². The summed E-state index contributed by atoms with van der Waals surface area (Å²) in [5, 5.41) is 4.53. The third-order valence-corrected chi connectivity index (χ3v) is 6.60. The van der Waals surface area contributed by atoms with E-state index in [1.54, 1.807) is 0 Å². The van der Waals surface area contributed by atoms with Crippen molar-refractivity contribution in [1.82, 2.24) is 5.32 Å². The Bertz CT molecular complexity index is 446. The Balaban J connectivity index is 1.98. The molecule has 0 radical (unpaired) electrons. The molecule has 1 aliphatic carbocycles. The molecule has 1 aromatic carbocycles. The van der Waals surface area contributed by atoms with Gasteiger partial charge in [0, 0.05) is 26.8 Å². The Labute approximate surface area is 140 Å². The SMILES string of the molecule is CSC1(CNC(C)c2ccc(Br)cc2Cl)CCCCC1. The van der Waals surface area contributed by atoms with E-state index in [1.165, 1.54) is 37.7 Å². The zero-order valence-corrected chi connectivity index (χ0v) is 15.4. The average molecular weight is 377 g/mol. The number of benzene rings is 1. The Morgan fingerprint density at radius 2 is 2.05 bits per heavy atom. The van der Waals surface area contributed by atoms with Crippen LogP contribution >= 0.6 is 39.3 Å². The lowest BCUT2D eigenvalue weighted by atomic mass is 9.88. The molecule has 2 rings (SSSR count). The fourth-order valence-corrected chi connectivity index (χ4v) is 4.71. The molecule has 1 nitrogen and oxygen atoms in total. The van der Waals surface area contributed by atoms with Gasteiger partial charge in [-0.05, 0) is 43.7 Å². The Morgan fingerprint density at radius 3 is 2.65 bits per heavy atom. The highest BCUT2D eigenvalue weighted by atomic mass is 79.9. The third kappa shape index (κ3) is 4.16. The van der Waals surface area contributed by atoms with E-state index in [9.17, 15) is 0 Å². The van der Waals surface area contributed by atoms with Gasteiger partial charge in [-0.15, -0.1) is 0 Å². The molecule has 0 heterocycles. The van der Waals surface area contributed by atoms with Gasteiger partial charge >= 0.3 is 0 Å². The van der Waals surface area contributed by atoms with Gasteiger partial charge in [0.1, 0.15) is 0 Å². The van der Waals surface area contributed by atoms with Crippen molar-refractivity contribution in [3.05, 3.63) is 33.3 Å². The quantitative estimate of drug-likeness (QED) is 0.695. The second-order valence-electron chi connectivity index (χ2n) is 5.72. The van der Waals surface area contributed by atoms with Gasteiger partial charge in [-0.25, -0.2) is 0 Å². The van der Waals surface area contributed by atoms with Crippen LogP contribution in [0.15, 0.2) is 22.7 Å². The number of hydrogen-bond acceptors (Lipinski definition) is 2. The highest BCUT2D eigenvalue weighted by Crippen LogP contribution is 2.38. The first-order valence-electron chi connectivity index (χ1n) is 7.30. The molecule has 0 bridgehead atoms. The highest BCUT2D eigenvalue weighted by Gasteiger charge is 2.31. The van der Waals surface area contributed by atoms with Gasteiger partial charge in [0.2, 0.25) is 0 Å². The summed E-state index contributed by atoms with van der Waals surface area (Å²) in [5.74, 6) is 0. The summed E-state index contributed by atoms with van der Waals surface area (Å²) in [6.07, 6.45) is 9.07. The summed E-state index contributed by atoms with van der Waals surface area (Å²) in [5.41, 5.74) is 1.18. The first kappa shape index (κ1) is 16.7. The molecule has 1 aromatic rings. The van der Waals surface area contributed by atoms with E-state index < -0.39 is 0 Å². The first-order valence-corrected chi connectivity index (χ1v) is 9.69. The van der Waals surface area contributed by atoms with Crippen molar-refractivity contribution in [1.29, 1.82) is 0 Å². The van der Waals surface area contributed by atoms with E-state index in [1.807, 2.05) is 17.8 Å². The normalized spacial score (nSPS) is 19.8. The van der Waals surface area contributed by atoms with Gasteiger partial charge in [-0.2, -0.15) is 11.8 Å². The number of thioether (sulfide) groups is 1. The Kier molecular flexibility index (Phi) is 6.27. The molecule has 1 unspecified atom stereocenters. The van der Waals surface area contributed by atoms with Crippen LogP contribution in [0.1, 0.15) is 50.6 Å². The zero-order chi connectivity index (χ0) is 14.6. The first-order chi connectivity index (χ1) is 9.56. The summed E-state index contributed by atoms with van der Waals surface area (Å²) in [6.45, 7) is 3.27. The van der Waals surface area contributed by atoms with Crippen molar-refractivity contribution >= 4 is 39.3 Å². The van der Waals surface area contributed by atoms with Crippen molar-refractivity contribution in [3.63, 3.8) is 0 Å². The summed E-state index contributed by atoms with van der Waals surface area (Å²) in [7, 11) is 0. The van der Waals surface area contributed by atoms with Crippen LogP contribution in [0.2, 0.25) is 5.02 Å². The van der Waals surface area contributed by atoms with Crippen LogP contribution in [0.3, 0.4) is 0 Å².